The summed E-state index contributed by atoms with van der Waals surface area (Å²) in [7, 11) is 0. The van der Waals surface area contributed by atoms with E-state index >= 15 is 0 Å². The van der Waals surface area contributed by atoms with E-state index in [9.17, 15) is 9.90 Å². The Morgan fingerprint density at radius 2 is 2.27 bits per heavy atom. The maximum absolute atomic E-state index is 11.2. The Kier molecular flexibility index (Phi) is 3.93. The van der Waals surface area contributed by atoms with E-state index in [-0.39, 0.29) is 18.3 Å². The molecule has 0 heterocycles. The van der Waals surface area contributed by atoms with Crippen molar-refractivity contribution in [2.45, 2.75) is 13.5 Å². The molecule has 0 aliphatic heterocycles. The highest BCUT2D eigenvalue weighted by atomic mass is 16.3. The molecule has 0 spiro atoms. The number of hydrogen-bond acceptors (Lipinski definition) is 3. The SMILES string of the molecule is CCNC(=O)Nc1ccc(O)c(CN)c1. The third kappa shape index (κ3) is 3.14. The number of hydrogen-bond donors (Lipinski definition) is 4. The maximum Gasteiger partial charge on any atom is 0.319 e. The van der Waals surface area contributed by atoms with E-state index in [1.165, 1.54) is 6.07 Å². The molecule has 0 radical (unpaired) electrons. The molecule has 2 amide bonds. The predicted octanol–water partition coefficient (Wildman–Crippen LogP) is 0.992. The van der Waals surface area contributed by atoms with Gasteiger partial charge in [-0.05, 0) is 25.1 Å². The molecule has 1 aromatic carbocycles. The van der Waals surface area contributed by atoms with E-state index in [0.29, 0.717) is 17.8 Å². The molecule has 5 heteroatoms. The largest absolute Gasteiger partial charge is 0.508 e. The van der Waals surface area contributed by atoms with Crippen LogP contribution in [0.25, 0.3) is 0 Å². The second-order valence-corrected chi connectivity index (χ2v) is 3.03. The number of carbonyl (C=O) groups excluding carboxylic acids is 1. The summed E-state index contributed by atoms with van der Waals surface area (Å²) in [5.41, 5.74) is 6.63. The molecule has 0 aliphatic carbocycles. The number of rotatable bonds is 3. The molecule has 15 heavy (non-hydrogen) atoms. The second-order valence-electron chi connectivity index (χ2n) is 3.03. The average molecular weight is 209 g/mol. The van der Waals surface area contributed by atoms with Gasteiger partial charge in [0.05, 0.1) is 0 Å². The van der Waals surface area contributed by atoms with Gasteiger partial charge in [0, 0.05) is 24.3 Å². The molecular weight excluding hydrogens is 194 g/mol. The quantitative estimate of drug-likeness (QED) is 0.560. The molecule has 5 nitrogen and oxygen atoms in total. The minimum absolute atomic E-state index is 0.138. The van der Waals surface area contributed by atoms with Crippen molar-refractivity contribution in [2.24, 2.45) is 5.73 Å². The molecule has 5 N–H and O–H groups in total. The van der Waals surface area contributed by atoms with Crippen LogP contribution >= 0.6 is 0 Å². The minimum Gasteiger partial charge on any atom is -0.508 e. The zero-order valence-corrected chi connectivity index (χ0v) is 8.58. The van der Waals surface area contributed by atoms with Gasteiger partial charge in [-0.2, -0.15) is 0 Å². The predicted molar refractivity (Wildman–Crippen MR) is 58.7 cm³/mol. The number of urea groups is 1. The number of phenols is 1. The summed E-state index contributed by atoms with van der Waals surface area (Å²) in [4.78, 5) is 11.2. The average Bonchev–Trinajstić information content (AvgIpc) is 2.21. The normalized spacial score (nSPS) is 9.73. The Morgan fingerprint density at radius 1 is 1.53 bits per heavy atom. The number of amides is 2. The van der Waals surface area contributed by atoms with E-state index in [0.717, 1.165) is 0 Å². The van der Waals surface area contributed by atoms with E-state index in [4.69, 9.17) is 5.73 Å². The van der Waals surface area contributed by atoms with Crippen molar-refractivity contribution in [2.75, 3.05) is 11.9 Å². The van der Waals surface area contributed by atoms with Crippen LogP contribution in [0.4, 0.5) is 10.5 Å². The monoisotopic (exact) mass is 209 g/mol. The topological polar surface area (TPSA) is 87.4 Å². The van der Waals surface area contributed by atoms with Gasteiger partial charge in [-0.15, -0.1) is 0 Å². The first-order chi connectivity index (χ1) is 7.17. The van der Waals surface area contributed by atoms with Gasteiger partial charge in [0.15, 0.2) is 0 Å². The molecule has 0 saturated heterocycles. The van der Waals surface area contributed by atoms with Crippen LogP contribution in [0, 0.1) is 0 Å². The Labute approximate surface area is 88.3 Å². The molecule has 0 unspecified atom stereocenters. The number of nitrogens with two attached hydrogens (primary N) is 1. The van der Waals surface area contributed by atoms with Gasteiger partial charge in [0.1, 0.15) is 5.75 Å². The molecule has 82 valence electrons. The maximum atomic E-state index is 11.2. The fourth-order valence-electron chi connectivity index (χ4n) is 1.16. The molecule has 1 aromatic rings. The molecular formula is C10H15N3O2. The van der Waals surface area contributed by atoms with Crippen LogP contribution in [0.15, 0.2) is 18.2 Å². The van der Waals surface area contributed by atoms with E-state index < -0.39 is 0 Å². The van der Waals surface area contributed by atoms with Gasteiger partial charge in [0.2, 0.25) is 0 Å². The summed E-state index contributed by atoms with van der Waals surface area (Å²) in [6.07, 6.45) is 0. The van der Waals surface area contributed by atoms with Crippen LogP contribution in [-0.4, -0.2) is 17.7 Å². The first-order valence-corrected chi connectivity index (χ1v) is 4.74. The summed E-state index contributed by atoms with van der Waals surface area (Å²) in [5.74, 6) is 0.138. The van der Waals surface area contributed by atoms with Crippen LogP contribution in [-0.2, 0) is 6.54 Å². The highest BCUT2D eigenvalue weighted by Gasteiger charge is 2.03. The fraction of sp³-hybridized carbons (Fsp3) is 0.300. The number of aromatic hydroxyl groups is 1. The van der Waals surface area contributed by atoms with Crippen molar-refractivity contribution in [3.05, 3.63) is 23.8 Å². The van der Waals surface area contributed by atoms with E-state index in [1.54, 1.807) is 12.1 Å². The van der Waals surface area contributed by atoms with Crippen molar-refractivity contribution in [3.8, 4) is 5.75 Å². The Hall–Kier alpha value is -1.75. The van der Waals surface area contributed by atoms with Gasteiger partial charge < -0.3 is 21.5 Å². The lowest BCUT2D eigenvalue weighted by atomic mass is 10.2. The van der Waals surface area contributed by atoms with Gasteiger partial charge in [-0.3, -0.25) is 0 Å². The highest BCUT2D eigenvalue weighted by Crippen LogP contribution is 2.20. The van der Waals surface area contributed by atoms with Crippen molar-refractivity contribution < 1.29 is 9.90 Å². The Balaban J connectivity index is 2.74. The standard InChI is InChI=1S/C10H15N3O2/c1-2-12-10(15)13-8-3-4-9(14)7(5-8)6-11/h3-5,14H,2,6,11H2,1H3,(H2,12,13,15). The minimum atomic E-state index is -0.272. The molecule has 0 aliphatic rings. The molecule has 0 aromatic heterocycles. The third-order valence-electron chi connectivity index (χ3n) is 1.89. The lowest BCUT2D eigenvalue weighted by Gasteiger charge is -2.08. The molecule has 0 bridgehead atoms. The third-order valence-corrected chi connectivity index (χ3v) is 1.89. The molecule has 0 saturated carbocycles. The summed E-state index contributed by atoms with van der Waals surface area (Å²) < 4.78 is 0. The number of benzene rings is 1. The van der Waals surface area contributed by atoms with E-state index in [1.807, 2.05) is 6.92 Å². The number of anilines is 1. The summed E-state index contributed by atoms with van der Waals surface area (Å²) in [6.45, 7) is 2.63. The van der Waals surface area contributed by atoms with Crippen molar-refractivity contribution in [1.29, 1.82) is 0 Å². The van der Waals surface area contributed by atoms with Crippen LogP contribution < -0.4 is 16.4 Å². The summed E-state index contributed by atoms with van der Waals surface area (Å²) >= 11 is 0. The van der Waals surface area contributed by atoms with Crippen molar-refractivity contribution >= 4 is 11.7 Å². The number of carbonyl (C=O) groups is 1. The van der Waals surface area contributed by atoms with Crippen LogP contribution in [0.5, 0.6) is 5.75 Å². The zero-order valence-electron chi connectivity index (χ0n) is 8.58. The molecule has 0 fully saturated rings. The lowest BCUT2D eigenvalue weighted by Crippen LogP contribution is -2.28. The van der Waals surface area contributed by atoms with Gasteiger partial charge in [-0.25, -0.2) is 4.79 Å². The van der Waals surface area contributed by atoms with Crippen molar-refractivity contribution in [3.63, 3.8) is 0 Å². The zero-order chi connectivity index (χ0) is 11.3. The Bertz CT molecular complexity index is 353. The first-order valence-electron chi connectivity index (χ1n) is 4.74. The van der Waals surface area contributed by atoms with Crippen LogP contribution in [0.3, 0.4) is 0 Å². The van der Waals surface area contributed by atoms with E-state index in [2.05, 4.69) is 10.6 Å². The first kappa shape index (κ1) is 11.3. The van der Waals surface area contributed by atoms with Crippen LogP contribution in [0.2, 0.25) is 0 Å². The summed E-state index contributed by atoms with van der Waals surface area (Å²) in [6, 6.07) is 4.49. The van der Waals surface area contributed by atoms with Gasteiger partial charge in [0.25, 0.3) is 0 Å². The van der Waals surface area contributed by atoms with Crippen LogP contribution in [0.1, 0.15) is 12.5 Å². The lowest BCUT2D eigenvalue weighted by molar-refractivity contribution is 0.252. The summed E-state index contributed by atoms with van der Waals surface area (Å²) in [5, 5.41) is 14.6. The number of nitrogens with one attached hydrogen (secondary N) is 2. The van der Waals surface area contributed by atoms with Gasteiger partial charge in [-0.1, -0.05) is 0 Å². The Morgan fingerprint density at radius 3 is 2.87 bits per heavy atom. The molecule has 1 rings (SSSR count). The van der Waals surface area contributed by atoms with Gasteiger partial charge >= 0.3 is 6.03 Å². The fourth-order valence-corrected chi connectivity index (χ4v) is 1.16. The number of phenolic OH excluding ortho intramolecular Hbond substituents is 1. The highest BCUT2D eigenvalue weighted by molar-refractivity contribution is 5.89. The smallest absolute Gasteiger partial charge is 0.319 e. The van der Waals surface area contributed by atoms with Crippen molar-refractivity contribution in [1.82, 2.24) is 5.32 Å². The molecule has 0 atom stereocenters. The second kappa shape index (κ2) is 5.21.